The zero-order valence-electron chi connectivity index (χ0n) is 12.3. The highest BCUT2D eigenvalue weighted by molar-refractivity contribution is 5.84. The van der Waals surface area contributed by atoms with Gasteiger partial charge in [-0.05, 0) is 19.1 Å². The van der Waals surface area contributed by atoms with Crippen LogP contribution < -0.4 is 14.8 Å². The summed E-state index contributed by atoms with van der Waals surface area (Å²) in [4.78, 5) is 18.4. The van der Waals surface area contributed by atoms with Gasteiger partial charge in [-0.3, -0.25) is 0 Å². The highest BCUT2D eigenvalue weighted by Gasteiger charge is 2.07. The van der Waals surface area contributed by atoms with Gasteiger partial charge in [0.25, 0.3) is 0 Å². The number of carboxylic acid groups (broad SMARTS) is 1. The fourth-order valence-electron chi connectivity index (χ4n) is 1.73. The molecule has 0 saturated heterocycles. The number of nitrogens with zero attached hydrogens (tertiary/aromatic N) is 2. The van der Waals surface area contributed by atoms with E-state index in [0.29, 0.717) is 18.1 Å². The first-order valence-electron chi connectivity index (χ1n) is 6.68. The lowest BCUT2D eigenvalue weighted by Crippen LogP contribution is -2.23. The predicted molar refractivity (Wildman–Crippen MR) is 80.6 cm³/mol. The Morgan fingerprint density at radius 2 is 2.09 bits per heavy atom. The van der Waals surface area contributed by atoms with Crippen LogP contribution in [-0.4, -0.2) is 40.8 Å². The smallest absolute Gasteiger partial charge is 0.356 e. The Balaban J connectivity index is 1.86. The van der Waals surface area contributed by atoms with Gasteiger partial charge < -0.3 is 19.9 Å². The maximum absolute atomic E-state index is 10.7. The number of carbonyl (C=O) groups is 1. The normalized spacial score (nSPS) is 11.5. The molecule has 0 radical (unpaired) electrons. The van der Waals surface area contributed by atoms with Crippen LogP contribution in [0.1, 0.15) is 17.4 Å². The molecule has 1 unspecified atom stereocenters. The topological polar surface area (TPSA) is 93.6 Å². The molecule has 0 aliphatic heterocycles. The van der Waals surface area contributed by atoms with E-state index < -0.39 is 5.97 Å². The van der Waals surface area contributed by atoms with Crippen molar-refractivity contribution in [2.24, 2.45) is 0 Å². The van der Waals surface area contributed by atoms with Crippen LogP contribution in [-0.2, 0) is 0 Å². The minimum absolute atomic E-state index is 0.0915. The number of methoxy groups -OCH3 is 1. The number of hydrogen-bond donors (Lipinski definition) is 2. The van der Waals surface area contributed by atoms with Crippen molar-refractivity contribution in [2.45, 2.75) is 13.0 Å². The van der Waals surface area contributed by atoms with Crippen LogP contribution in [0, 0.1) is 0 Å². The van der Waals surface area contributed by atoms with Gasteiger partial charge in [0.15, 0.2) is 5.69 Å². The summed E-state index contributed by atoms with van der Waals surface area (Å²) in [6.07, 6.45) is 2.47. The molecule has 7 heteroatoms. The monoisotopic (exact) mass is 303 g/mol. The summed E-state index contributed by atoms with van der Waals surface area (Å²) >= 11 is 0. The van der Waals surface area contributed by atoms with Crippen LogP contribution in [0.25, 0.3) is 0 Å². The predicted octanol–water partition coefficient (Wildman–Crippen LogP) is 2.06. The van der Waals surface area contributed by atoms with Gasteiger partial charge in [-0.1, -0.05) is 6.07 Å². The Kier molecular flexibility index (Phi) is 5.13. The van der Waals surface area contributed by atoms with E-state index in [9.17, 15) is 4.79 Å². The molecule has 1 aromatic heterocycles. The quantitative estimate of drug-likeness (QED) is 0.808. The van der Waals surface area contributed by atoms with E-state index in [1.54, 1.807) is 13.2 Å². The molecule has 0 spiro atoms. The van der Waals surface area contributed by atoms with Crippen LogP contribution >= 0.6 is 0 Å². The number of ether oxygens (including phenoxy) is 2. The number of nitrogens with one attached hydrogen (secondary N) is 1. The molecule has 22 heavy (non-hydrogen) atoms. The minimum Gasteiger partial charge on any atom is -0.497 e. The van der Waals surface area contributed by atoms with Crippen LogP contribution in [0.2, 0.25) is 0 Å². The third kappa shape index (κ3) is 4.34. The Morgan fingerprint density at radius 1 is 1.32 bits per heavy atom. The molecule has 7 nitrogen and oxygen atoms in total. The maximum Gasteiger partial charge on any atom is 0.356 e. The standard InChI is InChI=1S/C15H17N3O4/c1-10(22-12-5-3-4-11(6-12)21-2)7-17-14-9-16-13(8-18-14)15(19)20/h3-6,8-10H,7H2,1-2H3,(H,17,18)(H,19,20). The van der Waals surface area contributed by atoms with E-state index in [1.165, 1.54) is 12.4 Å². The van der Waals surface area contributed by atoms with Crippen molar-refractivity contribution < 1.29 is 19.4 Å². The third-order valence-corrected chi connectivity index (χ3v) is 2.82. The molecule has 0 amide bonds. The van der Waals surface area contributed by atoms with E-state index in [2.05, 4.69) is 15.3 Å². The molecule has 2 aromatic rings. The zero-order valence-corrected chi connectivity index (χ0v) is 12.3. The van der Waals surface area contributed by atoms with E-state index in [1.807, 2.05) is 25.1 Å². The van der Waals surface area contributed by atoms with Crippen molar-refractivity contribution in [1.82, 2.24) is 9.97 Å². The fraction of sp³-hybridized carbons (Fsp3) is 0.267. The SMILES string of the molecule is COc1cccc(OC(C)CNc2cnc(C(=O)O)cn2)c1. The van der Waals surface area contributed by atoms with Gasteiger partial charge >= 0.3 is 5.97 Å². The maximum atomic E-state index is 10.7. The lowest BCUT2D eigenvalue weighted by Gasteiger charge is -2.16. The largest absolute Gasteiger partial charge is 0.497 e. The van der Waals surface area contributed by atoms with Crippen LogP contribution in [0.5, 0.6) is 11.5 Å². The first kappa shape index (κ1) is 15.6. The van der Waals surface area contributed by atoms with Gasteiger partial charge in [-0.25, -0.2) is 14.8 Å². The number of benzene rings is 1. The van der Waals surface area contributed by atoms with Gasteiger partial charge in [-0.2, -0.15) is 0 Å². The number of aromatic carboxylic acids is 1. The van der Waals surface area contributed by atoms with Gasteiger partial charge in [0.1, 0.15) is 23.4 Å². The molecular formula is C15H17N3O4. The minimum atomic E-state index is -1.10. The summed E-state index contributed by atoms with van der Waals surface area (Å²) in [6, 6.07) is 7.35. The molecule has 116 valence electrons. The lowest BCUT2D eigenvalue weighted by atomic mass is 10.3. The van der Waals surface area contributed by atoms with E-state index in [-0.39, 0.29) is 11.8 Å². The summed E-state index contributed by atoms with van der Waals surface area (Å²) < 4.78 is 10.9. The summed E-state index contributed by atoms with van der Waals surface area (Å²) in [5, 5.41) is 11.8. The molecule has 0 fully saturated rings. The molecule has 1 aromatic carbocycles. The molecule has 0 bridgehead atoms. The molecule has 2 rings (SSSR count). The lowest BCUT2D eigenvalue weighted by molar-refractivity contribution is 0.0690. The number of rotatable bonds is 7. The number of hydrogen-bond acceptors (Lipinski definition) is 6. The summed E-state index contributed by atoms with van der Waals surface area (Å²) in [6.45, 7) is 2.41. The summed E-state index contributed by atoms with van der Waals surface area (Å²) in [5.74, 6) is 0.827. The van der Waals surface area contributed by atoms with E-state index in [0.717, 1.165) is 5.75 Å². The first-order chi connectivity index (χ1) is 10.6. The number of aromatic nitrogens is 2. The van der Waals surface area contributed by atoms with E-state index in [4.69, 9.17) is 14.6 Å². The highest BCUT2D eigenvalue weighted by atomic mass is 16.5. The Morgan fingerprint density at radius 3 is 2.73 bits per heavy atom. The molecule has 1 atom stereocenters. The summed E-state index contributed by atoms with van der Waals surface area (Å²) in [5.41, 5.74) is -0.0915. The van der Waals surface area contributed by atoms with Crippen molar-refractivity contribution in [3.05, 3.63) is 42.4 Å². The van der Waals surface area contributed by atoms with Gasteiger partial charge in [0.05, 0.1) is 26.0 Å². The number of anilines is 1. The van der Waals surface area contributed by atoms with Crippen molar-refractivity contribution in [3.8, 4) is 11.5 Å². The number of carboxylic acids is 1. The highest BCUT2D eigenvalue weighted by Crippen LogP contribution is 2.19. The van der Waals surface area contributed by atoms with Crippen molar-refractivity contribution >= 4 is 11.8 Å². The molecule has 0 aliphatic rings. The van der Waals surface area contributed by atoms with Gasteiger partial charge in [0.2, 0.25) is 0 Å². The molecule has 0 saturated carbocycles. The summed E-state index contributed by atoms with van der Waals surface area (Å²) in [7, 11) is 1.60. The van der Waals surface area contributed by atoms with Crippen LogP contribution in [0.4, 0.5) is 5.82 Å². The van der Waals surface area contributed by atoms with Crippen molar-refractivity contribution in [1.29, 1.82) is 0 Å². The molecule has 2 N–H and O–H groups in total. The molecule has 0 aliphatic carbocycles. The van der Waals surface area contributed by atoms with Crippen molar-refractivity contribution in [2.75, 3.05) is 19.0 Å². The Labute approximate surface area is 127 Å². The van der Waals surface area contributed by atoms with Gasteiger partial charge in [0, 0.05) is 6.07 Å². The Hall–Kier alpha value is -2.83. The second kappa shape index (κ2) is 7.26. The molecule has 1 heterocycles. The zero-order chi connectivity index (χ0) is 15.9. The average Bonchev–Trinajstić information content (AvgIpc) is 2.53. The van der Waals surface area contributed by atoms with Gasteiger partial charge in [-0.15, -0.1) is 0 Å². The second-order valence-electron chi connectivity index (χ2n) is 4.58. The van der Waals surface area contributed by atoms with Crippen LogP contribution in [0.15, 0.2) is 36.7 Å². The third-order valence-electron chi connectivity index (χ3n) is 2.82. The average molecular weight is 303 g/mol. The Bertz CT molecular complexity index is 631. The fourth-order valence-corrected chi connectivity index (χ4v) is 1.73. The van der Waals surface area contributed by atoms with Crippen molar-refractivity contribution in [3.63, 3.8) is 0 Å². The second-order valence-corrected chi connectivity index (χ2v) is 4.58. The van der Waals surface area contributed by atoms with Crippen LogP contribution in [0.3, 0.4) is 0 Å². The molecular weight excluding hydrogens is 286 g/mol. The first-order valence-corrected chi connectivity index (χ1v) is 6.68. The van der Waals surface area contributed by atoms with E-state index >= 15 is 0 Å².